The highest BCUT2D eigenvalue weighted by Crippen LogP contribution is 2.28. The van der Waals surface area contributed by atoms with Gasteiger partial charge in [0, 0.05) is 12.1 Å². The zero-order valence-electron chi connectivity index (χ0n) is 10.7. The minimum Gasteiger partial charge on any atom is -0.393 e. The van der Waals surface area contributed by atoms with E-state index in [0.717, 1.165) is 30.7 Å². The molecule has 1 aromatic rings. The van der Waals surface area contributed by atoms with Gasteiger partial charge in [-0.3, -0.25) is 4.79 Å². The molecule has 0 bridgehead atoms. The van der Waals surface area contributed by atoms with E-state index in [1.165, 1.54) is 0 Å². The molecule has 1 aromatic carbocycles. The number of amides is 1. The molecule has 0 heterocycles. The molecular weight excluding hydrogens is 289 g/mol. The van der Waals surface area contributed by atoms with Crippen LogP contribution in [0.3, 0.4) is 0 Å². The van der Waals surface area contributed by atoms with E-state index in [2.05, 4.69) is 5.32 Å². The Morgan fingerprint density at radius 3 is 2.30 bits per heavy atom. The molecule has 0 aliphatic rings. The average molecular weight is 304 g/mol. The number of thiocarbonyl (C=S) groups is 1. The predicted octanol–water partition coefficient (Wildman–Crippen LogP) is 2.89. The molecular formula is C13H15F3N2OS. The summed E-state index contributed by atoms with van der Waals surface area (Å²) in [6.45, 7) is 0.433. The van der Waals surface area contributed by atoms with Crippen LogP contribution in [0.15, 0.2) is 24.3 Å². The van der Waals surface area contributed by atoms with E-state index in [9.17, 15) is 18.0 Å². The van der Waals surface area contributed by atoms with Gasteiger partial charge in [-0.1, -0.05) is 12.2 Å². The first-order valence-corrected chi connectivity index (χ1v) is 6.45. The Morgan fingerprint density at radius 1 is 1.20 bits per heavy atom. The first kappa shape index (κ1) is 16.4. The number of alkyl halides is 3. The summed E-state index contributed by atoms with van der Waals surface area (Å²) >= 11 is 4.71. The van der Waals surface area contributed by atoms with Gasteiger partial charge in [0.05, 0.1) is 10.6 Å². The third-order valence-electron chi connectivity index (χ3n) is 2.61. The van der Waals surface area contributed by atoms with Crippen LogP contribution in [0.5, 0.6) is 0 Å². The number of benzene rings is 1. The van der Waals surface area contributed by atoms with Crippen molar-refractivity contribution in [3.8, 4) is 0 Å². The lowest BCUT2D eigenvalue weighted by molar-refractivity contribution is -0.137. The predicted molar refractivity (Wildman–Crippen MR) is 74.4 cm³/mol. The highest BCUT2D eigenvalue weighted by atomic mass is 32.1. The summed E-state index contributed by atoms with van der Waals surface area (Å²) in [4.78, 5) is 12.1. The number of hydrogen-bond donors (Lipinski definition) is 2. The second-order valence-corrected chi connectivity index (χ2v) is 4.78. The summed E-state index contributed by atoms with van der Waals surface area (Å²) in [5, 5.41) is 2.63. The van der Waals surface area contributed by atoms with E-state index in [4.69, 9.17) is 18.0 Å². The van der Waals surface area contributed by atoms with Gasteiger partial charge in [-0.05, 0) is 43.5 Å². The minimum atomic E-state index is -4.39. The number of nitrogens with one attached hydrogen (secondary N) is 1. The molecule has 1 amide bonds. The highest BCUT2D eigenvalue weighted by Gasteiger charge is 2.30. The second kappa shape index (κ2) is 7.23. The lowest BCUT2D eigenvalue weighted by Crippen LogP contribution is -2.24. The van der Waals surface area contributed by atoms with Crippen molar-refractivity contribution in [3.05, 3.63) is 35.4 Å². The molecule has 7 heteroatoms. The van der Waals surface area contributed by atoms with Crippen LogP contribution in [0, 0.1) is 0 Å². The number of halogens is 3. The van der Waals surface area contributed by atoms with Gasteiger partial charge in [-0.15, -0.1) is 0 Å². The zero-order chi connectivity index (χ0) is 15.2. The van der Waals surface area contributed by atoms with Crippen molar-refractivity contribution in [3.63, 3.8) is 0 Å². The quantitative estimate of drug-likeness (QED) is 0.627. The smallest absolute Gasteiger partial charge is 0.393 e. The summed E-state index contributed by atoms with van der Waals surface area (Å²) in [7, 11) is 0. The maximum absolute atomic E-state index is 12.4. The Hall–Kier alpha value is -1.63. The molecule has 1 rings (SSSR count). The third-order valence-corrected chi connectivity index (χ3v) is 2.81. The molecule has 0 aliphatic carbocycles. The van der Waals surface area contributed by atoms with Crippen molar-refractivity contribution in [2.75, 3.05) is 6.54 Å². The molecule has 20 heavy (non-hydrogen) atoms. The molecule has 0 unspecified atom stereocenters. The first-order chi connectivity index (χ1) is 9.30. The largest absolute Gasteiger partial charge is 0.416 e. The Labute approximate surface area is 120 Å². The Morgan fingerprint density at radius 2 is 1.80 bits per heavy atom. The normalized spacial score (nSPS) is 11.2. The fourth-order valence-electron chi connectivity index (χ4n) is 1.54. The lowest BCUT2D eigenvalue weighted by atomic mass is 10.1. The molecule has 0 atom stereocenters. The van der Waals surface area contributed by atoms with E-state index >= 15 is 0 Å². The lowest BCUT2D eigenvalue weighted by Gasteiger charge is -2.08. The van der Waals surface area contributed by atoms with Crippen LogP contribution in [0.2, 0.25) is 0 Å². The van der Waals surface area contributed by atoms with Gasteiger partial charge < -0.3 is 11.1 Å². The van der Waals surface area contributed by atoms with Crippen LogP contribution < -0.4 is 11.1 Å². The van der Waals surface area contributed by atoms with Gasteiger partial charge in [0.2, 0.25) is 0 Å². The molecule has 0 radical (unpaired) electrons. The van der Waals surface area contributed by atoms with Crippen molar-refractivity contribution < 1.29 is 18.0 Å². The summed E-state index contributed by atoms with van der Waals surface area (Å²) < 4.78 is 37.1. The van der Waals surface area contributed by atoms with Crippen molar-refractivity contribution in [1.82, 2.24) is 5.32 Å². The van der Waals surface area contributed by atoms with Crippen LogP contribution in [0.25, 0.3) is 0 Å². The van der Waals surface area contributed by atoms with E-state index in [1.54, 1.807) is 0 Å². The Balaban J connectivity index is 2.42. The Bertz CT molecular complexity index is 471. The molecule has 110 valence electrons. The second-order valence-electron chi connectivity index (χ2n) is 4.25. The van der Waals surface area contributed by atoms with Crippen molar-refractivity contribution in [2.24, 2.45) is 5.73 Å². The monoisotopic (exact) mass is 304 g/mol. The fraction of sp³-hybridized carbons (Fsp3) is 0.385. The van der Waals surface area contributed by atoms with Crippen molar-refractivity contribution >= 4 is 23.1 Å². The van der Waals surface area contributed by atoms with Crippen LogP contribution in [0.1, 0.15) is 35.2 Å². The van der Waals surface area contributed by atoms with Crippen LogP contribution in [-0.2, 0) is 6.18 Å². The maximum Gasteiger partial charge on any atom is 0.416 e. The maximum atomic E-state index is 12.4. The third kappa shape index (κ3) is 5.56. The van der Waals surface area contributed by atoms with Gasteiger partial charge in [-0.25, -0.2) is 0 Å². The van der Waals surface area contributed by atoms with Crippen LogP contribution in [0.4, 0.5) is 13.2 Å². The fourth-order valence-corrected chi connectivity index (χ4v) is 1.68. The average Bonchev–Trinajstić information content (AvgIpc) is 2.37. The molecule has 0 fully saturated rings. The van der Waals surface area contributed by atoms with Gasteiger partial charge >= 0.3 is 6.18 Å². The molecule has 0 spiro atoms. The zero-order valence-corrected chi connectivity index (χ0v) is 11.5. The van der Waals surface area contributed by atoms with E-state index in [1.807, 2.05) is 0 Å². The summed E-state index contributed by atoms with van der Waals surface area (Å²) in [5.74, 6) is -0.394. The number of carbonyl (C=O) groups excluding carboxylic acids is 1. The SMILES string of the molecule is NC(=S)CCCCNC(=O)c1ccc(C(F)(F)F)cc1. The number of rotatable bonds is 6. The molecule has 3 N–H and O–H groups in total. The number of unbranched alkanes of at least 4 members (excludes halogenated alkanes) is 1. The van der Waals surface area contributed by atoms with Crippen LogP contribution >= 0.6 is 12.2 Å². The molecule has 0 saturated carbocycles. The molecule has 0 aliphatic heterocycles. The van der Waals surface area contributed by atoms with E-state index in [0.29, 0.717) is 24.4 Å². The molecule has 0 saturated heterocycles. The van der Waals surface area contributed by atoms with E-state index < -0.39 is 17.6 Å². The van der Waals surface area contributed by atoms with Gasteiger partial charge in [0.15, 0.2) is 0 Å². The number of carbonyl (C=O) groups is 1. The highest BCUT2D eigenvalue weighted by molar-refractivity contribution is 7.80. The van der Waals surface area contributed by atoms with Gasteiger partial charge in [0.25, 0.3) is 5.91 Å². The van der Waals surface area contributed by atoms with E-state index in [-0.39, 0.29) is 5.56 Å². The Kier molecular flexibility index (Phi) is 5.94. The molecule has 0 aromatic heterocycles. The summed E-state index contributed by atoms with van der Waals surface area (Å²) in [5.41, 5.74) is 4.76. The number of hydrogen-bond acceptors (Lipinski definition) is 2. The topological polar surface area (TPSA) is 55.1 Å². The van der Waals surface area contributed by atoms with Gasteiger partial charge in [-0.2, -0.15) is 13.2 Å². The summed E-state index contributed by atoms with van der Waals surface area (Å²) in [6, 6.07) is 4.10. The summed E-state index contributed by atoms with van der Waals surface area (Å²) in [6.07, 6.45) is -2.30. The van der Waals surface area contributed by atoms with Crippen molar-refractivity contribution in [1.29, 1.82) is 0 Å². The standard InChI is InChI=1S/C13H15F3N2OS/c14-13(15,16)10-6-4-9(5-7-10)12(19)18-8-2-1-3-11(17)20/h4-7H,1-3,8H2,(H2,17,20)(H,18,19). The first-order valence-electron chi connectivity index (χ1n) is 6.04. The minimum absolute atomic E-state index is 0.201. The number of nitrogens with two attached hydrogens (primary N) is 1. The van der Waals surface area contributed by atoms with Crippen molar-refractivity contribution in [2.45, 2.75) is 25.4 Å². The van der Waals surface area contributed by atoms with Gasteiger partial charge in [0.1, 0.15) is 0 Å². The van der Waals surface area contributed by atoms with Crippen LogP contribution in [-0.4, -0.2) is 17.4 Å². The molecule has 3 nitrogen and oxygen atoms in total.